The molecule has 0 fully saturated rings. The SMILES string of the molecule is CC(C)NC(=O)N(Cc1ccccc1F)C[C@H]1CC(c2ccc(F)cc2)=NO1. The smallest absolute Gasteiger partial charge is 0.318 e. The van der Waals surface area contributed by atoms with Crippen molar-refractivity contribution in [2.24, 2.45) is 5.16 Å². The number of carbonyl (C=O) groups excluding carboxylic acids is 1. The van der Waals surface area contributed by atoms with Crippen molar-refractivity contribution >= 4 is 11.7 Å². The lowest BCUT2D eigenvalue weighted by Crippen LogP contribution is -2.45. The van der Waals surface area contributed by atoms with Crippen molar-refractivity contribution in [3.63, 3.8) is 0 Å². The van der Waals surface area contributed by atoms with Crippen LogP contribution in [0.25, 0.3) is 0 Å². The molecule has 7 heteroatoms. The second kappa shape index (κ2) is 8.82. The fourth-order valence-corrected chi connectivity index (χ4v) is 2.97. The summed E-state index contributed by atoms with van der Waals surface area (Å²) in [6.45, 7) is 4.10. The minimum absolute atomic E-state index is 0.0499. The van der Waals surface area contributed by atoms with Crippen LogP contribution in [0.4, 0.5) is 13.6 Å². The normalized spacial score (nSPS) is 15.9. The summed E-state index contributed by atoms with van der Waals surface area (Å²) in [5, 5.41) is 6.91. The molecule has 0 unspecified atom stereocenters. The fraction of sp³-hybridized carbons (Fsp3) is 0.333. The van der Waals surface area contributed by atoms with E-state index in [-0.39, 0.29) is 42.9 Å². The first kappa shape index (κ1) is 19.8. The first-order chi connectivity index (χ1) is 13.4. The average Bonchev–Trinajstić information content (AvgIpc) is 3.11. The Morgan fingerprint density at radius 3 is 2.61 bits per heavy atom. The molecule has 1 heterocycles. The van der Waals surface area contributed by atoms with E-state index in [0.717, 1.165) is 5.56 Å². The summed E-state index contributed by atoms with van der Waals surface area (Å²) in [6, 6.07) is 12.0. The van der Waals surface area contributed by atoms with Gasteiger partial charge in [-0.2, -0.15) is 0 Å². The average molecular weight is 387 g/mol. The van der Waals surface area contributed by atoms with Crippen LogP contribution < -0.4 is 5.32 Å². The van der Waals surface area contributed by atoms with Crippen molar-refractivity contribution < 1.29 is 18.4 Å². The molecule has 0 radical (unpaired) electrons. The van der Waals surface area contributed by atoms with E-state index in [1.54, 1.807) is 30.3 Å². The van der Waals surface area contributed by atoms with Gasteiger partial charge in [-0.3, -0.25) is 0 Å². The second-order valence-electron chi connectivity index (χ2n) is 7.05. The highest BCUT2D eigenvalue weighted by atomic mass is 19.1. The highest BCUT2D eigenvalue weighted by Crippen LogP contribution is 2.19. The van der Waals surface area contributed by atoms with Crippen LogP contribution in [0.2, 0.25) is 0 Å². The lowest BCUT2D eigenvalue weighted by Gasteiger charge is -2.26. The van der Waals surface area contributed by atoms with Crippen molar-refractivity contribution in [2.75, 3.05) is 6.54 Å². The molecular weight excluding hydrogens is 364 g/mol. The van der Waals surface area contributed by atoms with Gasteiger partial charge in [0.25, 0.3) is 0 Å². The van der Waals surface area contributed by atoms with Crippen LogP contribution in [-0.2, 0) is 11.4 Å². The third-order valence-electron chi connectivity index (χ3n) is 4.35. The molecule has 0 saturated carbocycles. The molecule has 0 bridgehead atoms. The van der Waals surface area contributed by atoms with Gasteiger partial charge in [-0.15, -0.1) is 0 Å². The number of hydrogen-bond acceptors (Lipinski definition) is 3. The zero-order valence-electron chi connectivity index (χ0n) is 15.9. The standard InChI is InChI=1S/C21H23F2N3O2/c1-14(2)24-21(27)26(12-16-5-3-4-6-19(16)23)13-18-11-20(25-28-18)15-7-9-17(22)10-8-15/h3-10,14,18H,11-13H2,1-2H3,(H,24,27)/t18-/m1/s1. The van der Waals surface area contributed by atoms with E-state index < -0.39 is 0 Å². The number of nitrogens with one attached hydrogen (secondary N) is 1. The van der Waals surface area contributed by atoms with Gasteiger partial charge >= 0.3 is 6.03 Å². The van der Waals surface area contributed by atoms with Crippen molar-refractivity contribution in [3.8, 4) is 0 Å². The number of oxime groups is 1. The van der Waals surface area contributed by atoms with E-state index in [0.29, 0.717) is 17.7 Å². The number of hydrogen-bond donors (Lipinski definition) is 1. The third-order valence-corrected chi connectivity index (χ3v) is 4.35. The van der Waals surface area contributed by atoms with Crippen molar-refractivity contribution in [3.05, 3.63) is 71.3 Å². The highest BCUT2D eigenvalue weighted by molar-refractivity contribution is 6.01. The molecule has 2 amide bonds. The molecule has 28 heavy (non-hydrogen) atoms. The molecule has 0 saturated heterocycles. The molecule has 0 aliphatic carbocycles. The van der Waals surface area contributed by atoms with Gasteiger partial charge < -0.3 is 15.1 Å². The highest BCUT2D eigenvalue weighted by Gasteiger charge is 2.27. The predicted molar refractivity (Wildman–Crippen MR) is 103 cm³/mol. The minimum atomic E-state index is -0.361. The van der Waals surface area contributed by atoms with Crippen molar-refractivity contribution in [1.82, 2.24) is 10.2 Å². The number of halogens is 2. The molecule has 1 N–H and O–H groups in total. The third kappa shape index (κ3) is 5.06. The van der Waals surface area contributed by atoms with Crippen molar-refractivity contribution in [1.29, 1.82) is 0 Å². The minimum Gasteiger partial charge on any atom is -0.390 e. The Morgan fingerprint density at radius 2 is 1.93 bits per heavy atom. The summed E-state index contributed by atoms with van der Waals surface area (Å²) in [6.07, 6.45) is 0.124. The lowest BCUT2D eigenvalue weighted by atomic mass is 10.0. The second-order valence-corrected chi connectivity index (χ2v) is 7.05. The zero-order chi connectivity index (χ0) is 20.1. The number of carbonyl (C=O) groups is 1. The number of amides is 2. The van der Waals surface area contributed by atoms with Crippen LogP contribution in [0.5, 0.6) is 0 Å². The molecule has 5 nitrogen and oxygen atoms in total. The maximum absolute atomic E-state index is 14.1. The van der Waals surface area contributed by atoms with E-state index in [1.165, 1.54) is 23.1 Å². The van der Waals surface area contributed by atoms with E-state index >= 15 is 0 Å². The summed E-state index contributed by atoms with van der Waals surface area (Å²) in [5.41, 5.74) is 1.90. The van der Waals surface area contributed by atoms with Gasteiger partial charge in [0.05, 0.1) is 18.8 Å². The van der Waals surface area contributed by atoms with Gasteiger partial charge in [0.1, 0.15) is 11.6 Å². The van der Waals surface area contributed by atoms with Crippen molar-refractivity contribution in [2.45, 2.75) is 39.0 Å². The molecule has 2 aromatic carbocycles. The molecule has 1 aliphatic heterocycles. The van der Waals surface area contributed by atoms with Crippen LogP contribution in [0.15, 0.2) is 53.7 Å². The van der Waals surface area contributed by atoms with Gasteiger partial charge in [0.2, 0.25) is 0 Å². The molecule has 3 rings (SSSR count). The Balaban J connectivity index is 1.68. The Hall–Kier alpha value is -2.96. The largest absolute Gasteiger partial charge is 0.390 e. The Kier molecular flexibility index (Phi) is 6.23. The summed E-state index contributed by atoms with van der Waals surface area (Å²) >= 11 is 0. The van der Waals surface area contributed by atoms with Crippen LogP contribution in [0, 0.1) is 11.6 Å². The van der Waals surface area contributed by atoms with E-state index in [9.17, 15) is 13.6 Å². The molecule has 2 aromatic rings. The van der Waals surface area contributed by atoms with Crippen LogP contribution in [0.3, 0.4) is 0 Å². The first-order valence-corrected chi connectivity index (χ1v) is 9.20. The fourth-order valence-electron chi connectivity index (χ4n) is 2.97. The zero-order valence-corrected chi connectivity index (χ0v) is 15.9. The first-order valence-electron chi connectivity index (χ1n) is 9.20. The quantitative estimate of drug-likeness (QED) is 0.812. The molecular formula is C21H23F2N3O2. The molecule has 1 aliphatic rings. The van der Waals surface area contributed by atoms with Gasteiger partial charge in [0.15, 0.2) is 6.10 Å². The van der Waals surface area contributed by atoms with Crippen LogP contribution in [-0.4, -0.2) is 35.3 Å². The van der Waals surface area contributed by atoms with Gasteiger partial charge in [0, 0.05) is 18.0 Å². The van der Waals surface area contributed by atoms with E-state index in [2.05, 4.69) is 10.5 Å². The number of nitrogens with zero attached hydrogens (tertiary/aromatic N) is 2. The number of urea groups is 1. The predicted octanol–water partition coefficient (Wildman–Crippen LogP) is 4.08. The maximum atomic E-state index is 14.1. The monoisotopic (exact) mass is 387 g/mol. The van der Waals surface area contributed by atoms with Gasteiger partial charge in [-0.1, -0.05) is 35.5 Å². The van der Waals surface area contributed by atoms with E-state index in [4.69, 9.17) is 4.84 Å². The summed E-state index contributed by atoms with van der Waals surface area (Å²) in [7, 11) is 0. The lowest BCUT2D eigenvalue weighted by molar-refractivity contribution is 0.0584. The van der Waals surface area contributed by atoms with Crippen LogP contribution in [0.1, 0.15) is 31.4 Å². The van der Waals surface area contributed by atoms with Gasteiger partial charge in [-0.25, -0.2) is 13.6 Å². The Labute approximate surface area is 163 Å². The Morgan fingerprint density at radius 1 is 1.21 bits per heavy atom. The maximum Gasteiger partial charge on any atom is 0.318 e. The van der Waals surface area contributed by atoms with E-state index in [1.807, 2.05) is 13.8 Å². The number of rotatable bonds is 6. The topological polar surface area (TPSA) is 53.9 Å². The summed E-state index contributed by atoms with van der Waals surface area (Å²) in [5.74, 6) is -0.679. The molecule has 1 atom stereocenters. The molecule has 148 valence electrons. The van der Waals surface area contributed by atoms with Crippen LogP contribution >= 0.6 is 0 Å². The Bertz CT molecular complexity index is 853. The summed E-state index contributed by atoms with van der Waals surface area (Å²) < 4.78 is 27.2. The number of benzene rings is 2. The molecule has 0 spiro atoms. The molecule has 0 aromatic heterocycles. The summed E-state index contributed by atoms with van der Waals surface area (Å²) in [4.78, 5) is 19.6. The van der Waals surface area contributed by atoms with Gasteiger partial charge in [-0.05, 0) is 37.6 Å².